The van der Waals surface area contributed by atoms with Crippen molar-refractivity contribution < 1.29 is 18.7 Å². The number of aromatic carboxylic acids is 1. The van der Waals surface area contributed by atoms with Gasteiger partial charge in [-0.3, -0.25) is 0 Å². The van der Waals surface area contributed by atoms with Gasteiger partial charge < -0.3 is 13.9 Å². The molecule has 0 spiro atoms. The minimum absolute atomic E-state index is 0.144. The van der Waals surface area contributed by atoms with Gasteiger partial charge in [-0.2, -0.15) is 0 Å². The molecule has 0 amide bonds. The largest absolute Gasteiger partial charge is 0.478 e. The second kappa shape index (κ2) is 7.01. The molecule has 4 nitrogen and oxygen atoms in total. The van der Waals surface area contributed by atoms with Gasteiger partial charge in [0.1, 0.15) is 29.0 Å². The lowest BCUT2D eigenvalue weighted by atomic mass is 9.90. The van der Waals surface area contributed by atoms with Gasteiger partial charge in [-0.1, -0.05) is 59.7 Å². The van der Waals surface area contributed by atoms with Gasteiger partial charge in [0.25, 0.3) is 0 Å². The van der Waals surface area contributed by atoms with E-state index in [4.69, 9.17) is 8.83 Å². The Bertz CT molecular complexity index is 924. The maximum Gasteiger partial charge on any atom is 0.336 e. The summed E-state index contributed by atoms with van der Waals surface area (Å²) < 4.78 is 12.4. The van der Waals surface area contributed by atoms with Crippen molar-refractivity contribution in [2.75, 3.05) is 0 Å². The Labute approximate surface area is 166 Å². The van der Waals surface area contributed by atoms with E-state index in [1.54, 1.807) is 12.1 Å². The molecule has 4 heteroatoms. The number of hydrogen-bond donors (Lipinski definition) is 1. The van der Waals surface area contributed by atoms with E-state index in [0.717, 1.165) is 11.5 Å². The first-order valence-corrected chi connectivity index (χ1v) is 9.51. The zero-order valence-electron chi connectivity index (χ0n) is 17.4. The van der Waals surface area contributed by atoms with Crippen molar-refractivity contribution in [3.05, 3.63) is 82.7 Å². The van der Waals surface area contributed by atoms with Crippen molar-refractivity contribution in [1.29, 1.82) is 0 Å². The highest BCUT2D eigenvalue weighted by Crippen LogP contribution is 2.39. The molecule has 0 aliphatic heterocycles. The molecule has 148 valence electrons. The SMILES string of the molecule is CC(C)(C)c1ccc(C(c2ccc(C(C)(C)C)o2)c2ccccc2C(=O)O)o1. The summed E-state index contributed by atoms with van der Waals surface area (Å²) >= 11 is 0. The summed E-state index contributed by atoms with van der Waals surface area (Å²) in [6, 6.07) is 14.8. The lowest BCUT2D eigenvalue weighted by molar-refractivity contribution is 0.0695. The number of carboxylic acids is 1. The smallest absolute Gasteiger partial charge is 0.336 e. The molecule has 0 fully saturated rings. The van der Waals surface area contributed by atoms with Gasteiger partial charge in [0.05, 0.1) is 5.56 Å². The van der Waals surface area contributed by atoms with Crippen LogP contribution in [0.3, 0.4) is 0 Å². The third-order valence-electron chi connectivity index (χ3n) is 4.80. The van der Waals surface area contributed by atoms with Crippen LogP contribution in [0.25, 0.3) is 0 Å². The third-order valence-corrected chi connectivity index (χ3v) is 4.80. The van der Waals surface area contributed by atoms with Gasteiger partial charge >= 0.3 is 5.97 Å². The van der Waals surface area contributed by atoms with Gasteiger partial charge in [-0.25, -0.2) is 4.79 Å². The monoisotopic (exact) mass is 380 g/mol. The Morgan fingerprint density at radius 2 is 1.25 bits per heavy atom. The van der Waals surface area contributed by atoms with E-state index in [9.17, 15) is 9.90 Å². The van der Waals surface area contributed by atoms with E-state index in [1.807, 2.05) is 36.4 Å². The van der Waals surface area contributed by atoms with Crippen LogP contribution in [0.1, 0.15) is 86.4 Å². The van der Waals surface area contributed by atoms with Crippen molar-refractivity contribution in [3.8, 4) is 0 Å². The third kappa shape index (κ3) is 3.91. The first-order valence-electron chi connectivity index (χ1n) is 9.51. The fourth-order valence-electron chi connectivity index (χ4n) is 3.21. The van der Waals surface area contributed by atoms with Crippen LogP contribution in [0.15, 0.2) is 57.4 Å². The Balaban J connectivity index is 2.19. The van der Waals surface area contributed by atoms with E-state index in [2.05, 4.69) is 41.5 Å². The van der Waals surface area contributed by atoms with Crippen molar-refractivity contribution in [1.82, 2.24) is 0 Å². The van der Waals surface area contributed by atoms with Gasteiger partial charge in [0.2, 0.25) is 0 Å². The molecule has 0 saturated carbocycles. The standard InChI is InChI=1S/C24H28O4/c1-23(2,3)19-13-11-17(27-19)21(15-9-7-8-10-16(15)22(25)26)18-12-14-20(28-18)24(4,5)6/h7-14,21H,1-6H3,(H,25,26). The highest BCUT2D eigenvalue weighted by molar-refractivity contribution is 5.90. The average molecular weight is 380 g/mol. The predicted molar refractivity (Wildman–Crippen MR) is 109 cm³/mol. The minimum atomic E-state index is -0.967. The molecule has 2 heterocycles. The lowest BCUT2D eigenvalue weighted by Crippen LogP contribution is -2.11. The summed E-state index contributed by atoms with van der Waals surface area (Å²) in [4.78, 5) is 11.9. The van der Waals surface area contributed by atoms with Crippen LogP contribution < -0.4 is 0 Å². The normalized spacial score (nSPS) is 12.5. The maximum atomic E-state index is 11.9. The summed E-state index contributed by atoms with van der Waals surface area (Å²) in [5.74, 6) is 1.65. The molecule has 3 aromatic rings. The molecule has 2 aromatic heterocycles. The van der Waals surface area contributed by atoms with Crippen LogP contribution >= 0.6 is 0 Å². The molecular weight excluding hydrogens is 352 g/mol. The van der Waals surface area contributed by atoms with E-state index in [1.165, 1.54) is 0 Å². The molecule has 28 heavy (non-hydrogen) atoms. The average Bonchev–Trinajstić information content (AvgIpc) is 3.24. The summed E-state index contributed by atoms with van der Waals surface area (Å²) in [6.07, 6.45) is 0. The molecule has 0 saturated heterocycles. The lowest BCUT2D eigenvalue weighted by Gasteiger charge is -2.19. The molecule has 0 unspecified atom stereocenters. The van der Waals surface area contributed by atoms with Crippen LogP contribution in [0.4, 0.5) is 0 Å². The van der Waals surface area contributed by atoms with E-state index in [-0.39, 0.29) is 16.4 Å². The van der Waals surface area contributed by atoms with Crippen LogP contribution in [-0.2, 0) is 10.8 Å². The highest BCUT2D eigenvalue weighted by atomic mass is 16.4. The second-order valence-electron chi connectivity index (χ2n) is 9.23. The first kappa shape index (κ1) is 20.0. The van der Waals surface area contributed by atoms with Crippen molar-refractivity contribution in [2.45, 2.75) is 58.3 Å². The topological polar surface area (TPSA) is 63.6 Å². The molecule has 0 atom stereocenters. The van der Waals surface area contributed by atoms with Gasteiger partial charge in [0.15, 0.2) is 0 Å². The number of carboxylic acid groups (broad SMARTS) is 1. The van der Waals surface area contributed by atoms with Crippen molar-refractivity contribution >= 4 is 5.97 Å². The molecule has 0 aliphatic rings. The Hall–Kier alpha value is -2.75. The summed E-state index contributed by atoms with van der Waals surface area (Å²) in [5, 5.41) is 9.72. The Morgan fingerprint density at radius 3 is 1.64 bits per heavy atom. The molecule has 1 aromatic carbocycles. The predicted octanol–water partition coefficient (Wildman–Crippen LogP) is 6.35. The van der Waals surface area contributed by atoms with E-state index >= 15 is 0 Å². The van der Waals surface area contributed by atoms with E-state index in [0.29, 0.717) is 17.1 Å². The summed E-state index contributed by atoms with van der Waals surface area (Å²) in [6.45, 7) is 12.5. The first-order chi connectivity index (χ1) is 13.0. The zero-order chi connectivity index (χ0) is 20.7. The van der Waals surface area contributed by atoms with Gasteiger partial charge in [0, 0.05) is 10.8 Å². The van der Waals surface area contributed by atoms with Crippen molar-refractivity contribution in [3.63, 3.8) is 0 Å². The van der Waals surface area contributed by atoms with Gasteiger partial charge in [-0.15, -0.1) is 0 Å². The van der Waals surface area contributed by atoms with Crippen LogP contribution in [0.5, 0.6) is 0 Å². The molecule has 0 radical (unpaired) electrons. The number of hydrogen-bond acceptors (Lipinski definition) is 3. The Kier molecular flexibility index (Phi) is 5.00. The van der Waals surface area contributed by atoms with Crippen LogP contribution in [-0.4, -0.2) is 11.1 Å². The minimum Gasteiger partial charge on any atom is -0.478 e. The highest BCUT2D eigenvalue weighted by Gasteiger charge is 2.30. The molecule has 3 rings (SSSR count). The van der Waals surface area contributed by atoms with Crippen molar-refractivity contribution in [2.24, 2.45) is 0 Å². The number of carbonyl (C=O) groups is 1. The number of benzene rings is 1. The number of furan rings is 2. The second-order valence-corrected chi connectivity index (χ2v) is 9.23. The number of rotatable bonds is 4. The Morgan fingerprint density at radius 1 is 0.786 bits per heavy atom. The van der Waals surface area contributed by atoms with Crippen LogP contribution in [0.2, 0.25) is 0 Å². The summed E-state index contributed by atoms with van der Waals surface area (Å²) in [5.41, 5.74) is 0.610. The fourth-order valence-corrected chi connectivity index (χ4v) is 3.21. The molecule has 0 bridgehead atoms. The fraction of sp³-hybridized carbons (Fsp3) is 0.375. The quantitative estimate of drug-likeness (QED) is 0.573. The molecule has 1 N–H and O–H groups in total. The maximum absolute atomic E-state index is 11.9. The van der Waals surface area contributed by atoms with E-state index < -0.39 is 11.9 Å². The van der Waals surface area contributed by atoms with Crippen LogP contribution in [0, 0.1) is 0 Å². The molecule has 0 aliphatic carbocycles. The zero-order valence-corrected chi connectivity index (χ0v) is 17.4. The summed E-state index contributed by atoms with van der Waals surface area (Å²) in [7, 11) is 0. The van der Waals surface area contributed by atoms with Gasteiger partial charge in [-0.05, 0) is 35.9 Å². The molecular formula is C24H28O4.